The van der Waals surface area contributed by atoms with Gasteiger partial charge >= 0.3 is 0 Å². The summed E-state index contributed by atoms with van der Waals surface area (Å²) in [5.74, 6) is 0.705. The number of carbonyl (C=O) groups is 1. The Kier molecular flexibility index (Phi) is 4.16. The van der Waals surface area contributed by atoms with Crippen LogP contribution in [0.2, 0.25) is 0 Å². The van der Waals surface area contributed by atoms with Gasteiger partial charge in [0.25, 0.3) is 0 Å². The first kappa shape index (κ1) is 17.1. The average Bonchev–Trinajstić information content (AvgIpc) is 3.35. The van der Waals surface area contributed by atoms with E-state index in [1.165, 1.54) is 10.9 Å². The number of hydrogen-bond acceptors (Lipinski definition) is 6. The van der Waals surface area contributed by atoms with E-state index < -0.39 is 5.82 Å². The maximum atomic E-state index is 14.6. The Balaban J connectivity index is 1.42. The molecule has 5 nitrogen and oxygen atoms in total. The van der Waals surface area contributed by atoms with Crippen LogP contribution in [0.15, 0.2) is 41.8 Å². The molecule has 0 radical (unpaired) electrons. The zero-order chi connectivity index (χ0) is 19.1. The van der Waals surface area contributed by atoms with Crippen LogP contribution in [0, 0.1) is 5.82 Å². The predicted octanol–water partition coefficient (Wildman–Crippen LogP) is 4.39. The number of fused-ring (bicyclic) bond motifs is 3. The summed E-state index contributed by atoms with van der Waals surface area (Å²) in [7, 11) is 0. The Morgan fingerprint density at radius 2 is 1.89 bits per heavy atom. The summed E-state index contributed by atoms with van der Waals surface area (Å²) in [6.07, 6.45) is 0.806. The van der Waals surface area contributed by atoms with Crippen LogP contribution in [-0.4, -0.2) is 19.1 Å². The van der Waals surface area contributed by atoms with Gasteiger partial charge in [-0.15, -0.1) is 11.3 Å². The van der Waals surface area contributed by atoms with Crippen molar-refractivity contribution in [1.82, 2.24) is 0 Å². The summed E-state index contributed by atoms with van der Waals surface area (Å²) < 4.78 is 31.2. The molecule has 0 saturated heterocycles. The van der Waals surface area contributed by atoms with Crippen molar-refractivity contribution in [2.45, 2.75) is 13.0 Å². The molecule has 0 atom stereocenters. The van der Waals surface area contributed by atoms with Crippen LogP contribution in [0.3, 0.4) is 0 Å². The van der Waals surface area contributed by atoms with Crippen molar-refractivity contribution in [1.29, 1.82) is 0 Å². The number of ketones is 1. The second-order valence-corrected chi connectivity index (χ2v) is 7.60. The highest BCUT2D eigenvalue weighted by atomic mass is 32.1. The molecule has 142 valence electrons. The molecule has 1 aromatic heterocycles. The second kappa shape index (κ2) is 6.83. The number of carbonyl (C=O) groups excluding carboxylic acids is 1. The number of benzene rings is 2. The summed E-state index contributed by atoms with van der Waals surface area (Å²) in [4.78, 5) is 14.2. The fourth-order valence-electron chi connectivity index (χ4n) is 3.38. The van der Waals surface area contributed by atoms with Gasteiger partial charge in [0.15, 0.2) is 17.3 Å². The minimum atomic E-state index is -0.456. The van der Waals surface area contributed by atoms with E-state index >= 15 is 0 Å². The van der Waals surface area contributed by atoms with Crippen LogP contribution in [0.1, 0.15) is 26.4 Å². The number of thiophene rings is 1. The Labute approximate surface area is 164 Å². The highest BCUT2D eigenvalue weighted by Gasteiger charge is 2.28. The summed E-state index contributed by atoms with van der Waals surface area (Å²) in [5, 5.41) is 5.14. The molecule has 2 aliphatic heterocycles. The summed E-state index contributed by atoms with van der Waals surface area (Å²) in [6, 6.07) is 10.2. The molecule has 5 rings (SSSR count). The lowest BCUT2D eigenvalue weighted by Gasteiger charge is -2.11. The van der Waals surface area contributed by atoms with Gasteiger partial charge in [-0.25, -0.2) is 4.39 Å². The van der Waals surface area contributed by atoms with Gasteiger partial charge in [0.2, 0.25) is 6.79 Å². The van der Waals surface area contributed by atoms with Gasteiger partial charge in [0.1, 0.15) is 18.2 Å². The summed E-state index contributed by atoms with van der Waals surface area (Å²) >= 11 is 1.67. The van der Waals surface area contributed by atoms with E-state index in [9.17, 15) is 9.18 Å². The highest BCUT2D eigenvalue weighted by Crippen LogP contribution is 2.41. The largest absolute Gasteiger partial charge is 0.488 e. The maximum Gasteiger partial charge on any atom is 0.231 e. The van der Waals surface area contributed by atoms with Crippen molar-refractivity contribution in [3.63, 3.8) is 0 Å². The van der Waals surface area contributed by atoms with Crippen molar-refractivity contribution in [2.24, 2.45) is 0 Å². The molecular weight excluding hydrogens is 381 g/mol. The molecule has 3 aromatic rings. The van der Waals surface area contributed by atoms with E-state index in [0.29, 0.717) is 46.2 Å². The smallest absolute Gasteiger partial charge is 0.231 e. The molecule has 0 amide bonds. The Bertz CT molecular complexity index is 1060. The van der Waals surface area contributed by atoms with E-state index in [1.807, 2.05) is 17.5 Å². The zero-order valence-electron chi connectivity index (χ0n) is 14.8. The standard InChI is InChI=1S/C21H16FNO4S/c22-16-7-14-12(6-17(16)23-4-3-13-2-1-5-28-13)10-25-18-9-20-19(26-11-27-20)8-15(18)21(14)24/h1-2,5-9,23H,3-4,10-11H2. The molecule has 0 saturated carbocycles. The quantitative estimate of drug-likeness (QED) is 0.708. The second-order valence-electron chi connectivity index (χ2n) is 6.56. The number of rotatable bonds is 4. The first-order chi connectivity index (χ1) is 13.7. The van der Waals surface area contributed by atoms with Gasteiger partial charge in [0.05, 0.1) is 11.3 Å². The zero-order valence-corrected chi connectivity index (χ0v) is 15.6. The third-order valence-corrected chi connectivity index (χ3v) is 5.74. The number of anilines is 1. The van der Waals surface area contributed by atoms with E-state index in [-0.39, 0.29) is 19.2 Å². The molecule has 0 bridgehead atoms. The van der Waals surface area contributed by atoms with Gasteiger partial charge < -0.3 is 19.5 Å². The first-order valence-electron chi connectivity index (χ1n) is 8.89. The normalized spacial score (nSPS) is 14.1. The van der Waals surface area contributed by atoms with Gasteiger partial charge in [-0.05, 0) is 36.1 Å². The van der Waals surface area contributed by atoms with E-state index in [0.717, 1.165) is 6.42 Å². The minimum Gasteiger partial charge on any atom is -0.488 e. The van der Waals surface area contributed by atoms with Crippen LogP contribution in [0.5, 0.6) is 17.2 Å². The lowest BCUT2D eigenvalue weighted by Crippen LogP contribution is -2.09. The third kappa shape index (κ3) is 2.97. The van der Waals surface area contributed by atoms with Crippen molar-refractivity contribution in [3.05, 3.63) is 69.2 Å². The number of ether oxygens (including phenoxy) is 3. The highest BCUT2D eigenvalue weighted by molar-refractivity contribution is 7.09. The lowest BCUT2D eigenvalue weighted by atomic mass is 9.98. The van der Waals surface area contributed by atoms with Crippen molar-refractivity contribution < 1.29 is 23.4 Å². The van der Waals surface area contributed by atoms with E-state index in [4.69, 9.17) is 14.2 Å². The summed E-state index contributed by atoms with van der Waals surface area (Å²) in [6.45, 7) is 0.887. The fraction of sp³-hybridized carbons (Fsp3) is 0.190. The molecule has 0 fully saturated rings. The Morgan fingerprint density at radius 3 is 2.71 bits per heavy atom. The van der Waals surface area contributed by atoms with Crippen LogP contribution < -0.4 is 19.5 Å². The third-order valence-electron chi connectivity index (χ3n) is 4.81. The first-order valence-corrected chi connectivity index (χ1v) is 9.77. The molecule has 3 heterocycles. The molecule has 2 aromatic carbocycles. The average molecular weight is 397 g/mol. The number of nitrogens with one attached hydrogen (secondary N) is 1. The monoisotopic (exact) mass is 397 g/mol. The minimum absolute atomic E-state index is 0.109. The molecule has 0 aliphatic carbocycles. The van der Waals surface area contributed by atoms with Crippen molar-refractivity contribution in [2.75, 3.05) is 18.7 Å². The topological polar surface area (TPSA) is 56.8 Å². The SMILES string of the molecule is O=C1c2cc(F)c(NCCc3cccs3)cc2COc2cc3c(cc21)OCO3. The van der Waals surface area contributed by atoms with Crippen molar-refractivity contribution >= 4 is 22.8 Å². The Hall–Kier alpha value is -3.06. The summed E-state index contributed by atoms with van der Waals surface area (Å²) in [5.41, 5.74) is 1.66. The molecule has 2 aliphatic rings. The van der Waals surface area contributed by atoms with Crippen LogP contribution in [-0.2, 0) is 13.0 Å². The molecule has 7 heteroatoms. The van der Waals surface area contributed by atoms with Gasteiger partial charge in [-0.3, -0.25) is 4.79 Å². The predicted molar refractivity (Wildman–Crippen MR) is 103 cm³/mol. The molecular formula is C21H16FNO4S. The maximum absolute atomic E-state index is 14.6. The van der Waals surface area contributed by atoms with Crippen LogP contribution >= 0.6 is 11.3 Å². The fourth-order valence-corrected chi connectivity index (χ4v) is 4.09. The van der Waals surface area contributed by atoms with Gasteiger partial charge in [-0.1, -0.05) is 6.07 Å². The molecule has 28 heavy (non-hydrogen) atoms. The molecule has 1 N–H and O–H groups in total. The van der Waals surface area contributed by atoms with E-state index in [1.54, 1.807) is 29.5 Å². The van der Waals surface area contributed by atoms with Gasteiger partial charge in [-0.2, -0.15) is 0 Å². The van der Waals surface area contributed by atoms with Crippen LogP contribution in [0.4, 0.5) is 10.1 Å². The van der Waals surface area contributed by atoms with Crippen LogP contribution in [0.25, 0.3) is 0 Å². The number of halogens is 1. The lowest BCUT2D eigenvalue weighted by molar-refractivity contribution is 0.103. The Morgan fingerprint density at radius 1 is 1.04 bits per heavy atom. The van der Waals surface area contributed by atoms with E-state index in [2.05, 4.69) is 5.32 Å². The van der Waals surface area contributed by atoms with Crippen molar-refractivity contribution in [3.8, 4) is 17.2 Å². The van der Waals surface area contributed by atoms with Gasteiger partial charge in [0, 0.05) is 28.6 Å². The number of hydrogen-bond donors (Lipinski definition) is 1. The molecule has 0 spiro atoms. The molecule has 0 unspecified atom stereocenters.